The fraction of sp³-hybridized carbons (Fsp3) is 0.314. The number of rotatable bonds is 5. The average Bonchev–Trinajstić information content (AvgIpc) is 1.72. The molecule has 16 aromatic rings. The highest BCUT2D eigenvalue weighted by Gasteiger charge is 2.21. The molecule has 0 saturated heterocycles. The number of furan rings is 2. The van der Waals surface area contributed by atoms with Gasteiger partial charge in [0, 0.05) is 61.9 Å². The van der Waals surface area contributed by atoms with E-state index < -0.39 is 0 Å². The zero-order valence-electron chi connectivity index (χ0n) is 70.5. The van der Waals surface area contributed by atoms with Crippen molar-refractivity contribution in [1.82, 2.24) is 0 Å². The first kappa shape index (κ1) is 83.7. The average molecular weight is 1480 g/mol. The van der Waals surface area contributed by atoms with Gasteiger partial charge in [-0.3, -0.25) is 0 Å². The number of hydrogen-bond donors (Lipinski definition) is 0. The lowest BCUT2D eigenvalue weighted by molar-refractivity contribution is 0.566. The number of hydrogen-bond acceptors (Lipinski definition) is 4. The minimum atomic E-state index is 0.241. The van der Waals surface area contributed by atoms with Crippen molar-refractivity contribution in [3.63, 3.8) is 0 Å². The van der Waals surface area contributed by atoms with Crippen molar-refractivity contribution in [3.8, 4) is 0 Å². The van der Waals surface area contributed by atoms with Gasteiger partial charge in [-0.1, -0.05) is 328 Å². The normalized spacial score (nSPS) is 11.4. The highest BCUT2D eigenvalue weighted by molar-refractivity contribution is 7.26. The fourth-order valence-electron chi connectivity index (χ4n) is 14.4. The minimum absolute atomic E-state index is 0.241. The lowest BCUT2D eigenvalue weighted by Crippen LogP contribution is -2.17. The fourth-order valence-corrected chi connectivity index (χ4v) is 16.8. The Bertz CT molecular complexity index is 5380. The Balaban J connectivity index is 0.000000144. The van der Waals surface area contributed by atoms with E-state index in [0.29, 0.717) is 29.6 Å². The first-order valence-electron chi connectivity index (χ1n) is 39.5. The van der Waals surface area contributed by atoms with E-state index >= 15 is 0 Å². The van der Waals surface area contributed by atoms with Gasteiger partial charge >= 0.3 is 0 Å². The van der Waals surface area contributed by atoms with Crippen LogP contribution in [0, 0.1) is 69.2 Å². The molecule has 0 bridgehead atoms. The summed E-state index contributed by atoms with van der Waals surface area (Å²) in [5.74, 6) is 3.13. The summed E-state index contributed by atoms with van der Waals surface area (Å²) in [6.07, 6.45) is 0. The maximum atomic E-state index is 5.78. The standard InChI is InChI=1S/C16H26.C15H24.C14H22.2C13H10O.2C13H10S.C8H10/c1-10(2)14-8-15(11(3)4)13(7)16(9-14)12(5)6;1-11-8-9-12(14(2,3)4)10-13(11)15(5,6)7;1-9(2)13-7-11(5)8-14(10(3)4)12(13)6;1-9-5-4-7-11-10-6-2-3-8-12(10)14-13(9)11;1-9-6-7-11-10-4-2-3-5-12(10)14-13(11)8-9;1-9-5-4-7-11-10-6-2-3-8-12(10)14-13(9)11;1-9-6-7-11-10-4-2-3-5-12(10)14-13(11)8-9;1-7-3-5-8(2)6-4-7/h8-12H,1-7H3;8-10H,1-7H3;7-10H,1-6H3;4*2-8H,1H3;3-6H,1-2H3. The number of benzene rings is 12. The molecular weight excluding hydrogens is 1360 g/mol. The third kappa shape index (κ3) is 21.4. The Labute approximate surface area is 662 Å². The minimum Gasteiger partial charge on any atom is -0.456 e. The van der Waals surface area contributed by atoms with E-state index in [-0.39, 0.29) is 10.8 Å². The largest absolute Gasteiger partial charge is 0.456 e. The molecular formula is C105H122O2S2. The predicted molar refractivity (Wildman–Crippen MR) is 487 cm³/mol. The van der Waals surface area contributed by atoms with E-state index in [1.807, 2.05) is 59.1 Å². The van der Waals surface area contributed by atoms with Gasteiger partial charge in [0.15, 0.2) is 0 Å². The van der Waals surface area contributed by atoms with E-state index in [9.17, 15) is 0 Å². The van der Waals surface area contributed by atoms with Crippen LogP contribution in [0.25, 0.3) is 84.2 Å². The third-order valence-corrected chi connectivity index (χ3v) is 23.2. The van der Waals surface area contributed by atoms with Gasteiger partial charge in [-0.15, -0.1) is 22.7 Å². The van der Waals surface area contributed by atoms with E-state index in [2.05, 4.69) is 380 Å². The molecule has 2 nitrogen and oxygen atoms in total. The molecule has 0 aliphatic rings. The lowest BCUT2D eigenvalue weighted by Gasteiger charge is -2.26. The lowest BCUT2D eigenvalue weighted by atomic mass is 9.79. The van der Waals surface area contributed by atoms with Crippen molar-refractivity contribution < 1.29 is 8.83 Å². The van der Waals surface area contributed by atoms with Crippen molar-refractivity contribution in [2.45, 2.75) is 220 Å². The van der Waals surface area contributed by atoms with Gasteiger partial charge in [0.1, 0.15) is 22.3 Å². The summed E-state index contributed by atoms with van der Waals surface area (Å²) < 4.78 is 17.1. The molecule has 566 valence electrons. The van der Waals surface area contributed by atoms with Crippen LogP contribution >= 0.6 is 22.7 Å². The van der Waals surface area contributed by atoms with E-state index in [1.54, 1.807) is 0 Å². The van der Waals surface area contributed by atoms with Crippen LogP contribution in [0.2, 0.25) is 0 Å². The second-order valence-electron chi connectivity index (χ2n) is 33.6. The summed E-state index contributed by atoms with van der Waals surface area (Å²) in [5, 5.41) is 10.4. The molecule has 16 rings (SSSR count). The van der Waals surface area contributed by atoms with E-state index in [1.165, 1.54) is 156 Å². The third-order valence-electron chi connectivity index (χ3n) is 20.7. The number of aryl methyl sites for hydroxylation is 8. The van der Waals surface area contributed by atoms with Crippen LogP contribution in [0.4, 0.5) is 0 Å². The second kappa shape index (κ2) is 36.9. The summed E-state index contributed by atoms with van der Waals surface area (Å²) in [6, 6.07) is 84.1. The van der Waals surface area contributed by atoms with Gasteiger partial charge in [0.05, 0.1) is 0 Å². The van der Waals surface area contributed by atoms with Crippen molar-refractivity contribution in [1.29, 1.82) is 0 Å². The van der Waals surface area contributed by atoms with Gasteiger partial charge in [-0.2, -0.15) is 0 Å². The molecule has 109 heavy (non-hydrogen) atoms. The van der Waals surface area contributed by atoms with Gasteiger partial charge in [0.25, 0.3) is 0 Å². The molecule has 0 amide bonds. The van der Waals surface area contributed by atoms with Crippen LogP contribution in [0.3, 0.4) is 0 Å². The quantitative estimate of drug-likeness (QED) is 0.172. The molecule has 0 saturated carbocycles. The SMILES string of the molecule is Cc1c(C(C)C)cc(C(C)C)cc1C(C)C.Cc1cc(C(C)C)c(C)c(C(C)C)c1.Cc1ccc(C(C)(C)C)cc1C(C)(C)C.Cc1ccc(C)cc1.Cc1ccc2c(c1)oc1ccccc12.Cc1ccc2c(c1)sc1ccccc12.Cc1cccc2c1oc1ccccc12.Cc1cccc2c1sc1ccccc12. The Morgan fingerprint density at radius 3 is 1.18 bits per heavy atom. The molecule has 0 unspecified atom stereocenters. The molecule has 0 aliphatic carbocycles. The maximum Gasteiger partial charge on any atom is 0.138 e. The molecule has 4 heteroatoms. The molecule has 0 spiro atoms. The first-order chi connectivity index (χ1) is 51.6. The van der Waals surface area contributed by atoms with Gasteiger partial charge < -0.3 is 8.83 Å². The summed E-state index contributed by atoms with van der Waals surface area (Å²) in [6.45, 7) is 58.0. The Morgan fingerprint density at radius 1 is 0.266 bits per heavy atom. The van der Waals surface area contributed by atoms with Crippen LogP contribution in [-0.4, -0.2) is 0 Å². The van der Waals surface area contributed by atoms with Crippen LogP contribution in [0.15, 0.2) is 245 Å². The monoisotopic (exact) mass is 1480 g/mol. The highest BCUT2D eigenvalue weighted by atomic mass is 32.1. The molecule has 12 aromatic carbocycles. The highest BCUT2D eigenvalue weighted by Crippen LogP contribution is 2.39. The summed E-state index contributed by atoms with van der Waals surface area (Å²) in [4.78, 5) is 0. The first-order valence-corrected chi connectivity index (χ1v) is 41.1. The Hall–Kier alpha value is -9.32. The van der Waals surface area contributed by atoms with Crippen LogP contribution in [-0.2, 0) is 10.8 Å². The van der Waals surface area contributed by atoms with Crippen molar-refractivity contribution in [2.75, 3.05) is 0 Å². The van der Waals surface area contributed by atoms with E-state index in [4.69, 9.17) is 8.83 Å². The summed E-state index contributed by atoms with van der Waals surface area (Å²) in [7, 11) is 0. The van der Waals surface area contributed by atoms with E-state index in [0.717, 1.165) is 22.3 Å². The smallest absolute Gasteiger partial charge is 0.138 e. The second-order valence-corrected chi connectivity index (χ2v) is 35.8. The Kier molecular flexibility index (Phi) is 28.4. The van der Waals surface area contributed by atoms with Crippen molar-refractivity contribution >= 4 is 107 Å². The van der Waals surface area contributed by atoms with Crippen LogP contribution in [0.5, 0.6) is 0 Å². The molecule has 0 aliphatic heterocycles. The molecule has 4 aromatic heterocycles. The molecule has 0 N–H and O–H groups in total. The van der Waals surface area contributed by atoms with Crippen LogP contribution < -0.4 is 0 Å². The molecule has 4 heterocycles. The number of thiophene rings is 2. The maximum absolute atomic E-state index is 5.78. The molecule has 0 atom stereocenters. The zero-order chi connectivity index (χ0) is 79.3. The zero-order valence-corrected chi connectivity index (χ0v) is 72.2. The van der Waals surface area contributed by atoms with Crippen LogP contribution in [0.1, 0.15) is 235 Å². The summed E-state index contributed by atoms with van der Waals surface area (Å²) >= 11 is 3.76. The Morgan fingerprint density at radius 2 is 0.670 bits per heavy atom. The topological polar surface area (TPSA) is 26.3 Å². The molecule has 0 radical (unpaired) electrons. The number of para-hydroxylation sites is 3. The van der Waals surface area contributed by atoms with Gasteiger partial charge in [-0.05, 0) is 224 Å². The predicted octanol–water partition coefficient (Wildman–Crippen LogP) is 33.3. The van der Waals surface area contributed by atoms with Gasteiger partial charge in [0.2, 0.25) is 0 Å². The van der Waals surface area contributed by atoms with Gasteiger partial charge in [-0.25, -0.2) is 0 Å². The van der Waals surface area contributed by atoms with Crippen molar-refractivity contribution in [2.24, 2.45) is 0 Å². The number of fused-ring (bicyclic) bond motifs is 12. The molecule has 0 fully saturated rings. The van der Waals surface area contributed by atoms with Crippen molar-refractivity contribution in [3.05, 3.63) is 331 Å². The summed E-state index contributed by atoms with van der Waals surface area (Å²) in [5.41, 5.74) is 28.4.